The van der Waals surface area contributed by atoms with Gasteiger partial charge in [0, 0.05) is 6.20 Å². The number of hydrogen-bond donors (Lipinski definition) is 4. The first kappa shape index (κ1) is 12.3. The van der Waals surface area contributed by atoms with E-state index in [2.05, 4.69) is 10.2 Å². The molecule has 0 saturated carbocycles. The Morgan fingerprint density at radius 2 is 2.05 bits per heavy atom. The van der Waals surface area contributed by atoms with Crippen LogP contribution in [-0.4, -0.2) is 59.9 Å². The fraction of sp³-hybridized carbons (Fsp3) is 0.455. The van der Waals surface area contributed by atoms with E-state index in [0.29, 0.717) is 0 Å². The zero-order chi connectivity index (χ0) is 13.6. The van der Waals surface area contributed by atoms with Gasteiger partial charge < -0.3 is 25.2 Å². The summed E-state index contributed by atoms with van der Waals surface area (Å²) in [5, 5.41) is 46.0. The summed E-state index contributed by atoms with van der Waals surface area (Å²) in [6, 6.07) is 3.06. The Hall–Kier alpha value is -1.74. The quantitative estimate of drug-likeness (QED) is 0.527. The van der Waals surface area contributed by atoms with Gasteiger partial charge in [-0.1, -0.05) is 0 Å². The molecule has 0 spiro atoms. The van der Waals surface area contributed by atoms with Crippen LogP contribution in [0.5, 0.6) is 5.75 Å². The molecule has 1 aliphatic heterocycles. The number of fused-ring (bicyclic) bond motifs is 1. The lowest BCUT2D eigenvalue weighted by Gasteiger charge is -2.12. The molecule has 1 aliphatic rings. The van der Waals surface area contributed by atoms with Crippen LogP contribution in [0.4, 0.5) is 0 Å². The molecular weight excluding hydrogens is 254 g/mol. The van der Waals surface area contributed by atoms with Crippen molar-refractivity contribution in [1.29, 1.82) is 0 Å². The van der Waals surface area contributed by atoms with Crippen molar-refractivity contribution in [2.45, 2.75) is 24.4 Å². The van der Waals surface area contributed by atoms with Crippen LogP contribution in [-0.2, 0) is 4.74 Å². The van der Waals surface area contributed by atoms with Crippen LogP contribution in [0, 0.1) is 0 Å². The average molecular weight is 267 g/mol. The Morgan fingerprint density at radius 1 is 1.26 bits per heavy atom. The molecule has 3 heterocycles. The van der Waals surface area contributed by atoms with Crippen molar-refractivity contribution in [2.75, 3.05) is 6.61 Å². The SMILES string of the molecule is OC[C@H]1O[C@@H](c2nnc3c(O)cccn23)[C@H](O)[C@@H]1O. The standard InChI is InChI=1S/C11H13N3O5/c15-4-6-7(17)8(18)9(19-6)11-13-12-10-5(16)2-1-3-14(10)11/h1-3,6-9,15-18H,4H2/t6-,7-,8-,9-/m1/s1. The summed E-state index contributed by atoms with van der Waals surface area (Å²) in [5.74, 6) is 0.210. The lowest BCUT2D eigenvalue weighted by atomic mass is 10.1. The molecule has 3 rings (SSSR count). The van der Waals surface area contributed by atoms with Gasteiger partial charge in [-0.15, -0.1) is 10.2 Å². The van der Waals surface area contributed by atoms with Gasteiger partial charge in [0.2, 0.25) is 5.65 Å². The van der Waals surface area contributed by atoms with Crippen LogP contribution in [0.1, 0.15) is 11.9 Å². The van der Waals surface area contributed by atoms with Gasteiger partial charge in [0.05, 0.1) is 6.61 Å². The maximum atomic E-state index is 9.93. The van der Waals surface area contributed by atoms with Crippen LogP contribution in [0.3, 0.4) is 0 Å². The molecule has 0 unspecified atom stereocenters. The number of ether oxygens (including phenoxy) is 1. The summed E-state index contributed by atoms with van der Waals surface area (Å²) in [5.41, 5.74) is 0.232. The van der Waals surface area contributed by atoms with E-state index >= 15 is 0 Å². The summed E-state index contributed by atoms with van der Waals surface area (Å²) < 4.78 is 6.84. The van der Waals surface area contributed by atoms with E-state index in [-0.39, 0.29) is 17.2 Å². The number of hydrogen-bond acceptors (Lipinski definition) is 7. The van der Waals surface area contributed by atoms with E-state index in [1.54, 1.807) is 12.3 Å². The van der Waals surface area contributed by atoms with Crippen molar-refractivity contribution >= 4 is 5.65 Å². The summed E-state index contributed by atoms with van der Waals surface area (Å²) in [6.07, 6.45) is -2.58. The minimum Gasteiger partial charge on any atom is -0.504 e. The number of aromatic hydroxyl groups is 1. The van der Waals surface area contributed by atoms with Crippen molar-refractivity contribution in [3.05, 3.63) is 24.2 Å². The zero-order valence-electron chi connectivity index (χ0n) is 9.79. The van der Waals surface area contributed by atoms with Gasteiger partial charge in [-0.05, 0) is 12.1 Å². The molecule has 0 radical (unpaired) electrons. The minimum atomic E-state index is -1.22. The van der Waals surface area contributed by atoms with Crippen LogP contribution in [0.15, 0.2) is 18.3 Å². The number of aliphatic hydroxyl groups is 3. The second-order valence-corrected chi connectivity index (χ2v) is 4.40. The fourth-order valence-corrected chi connectivity index (χ4v) is 2.23. The first-order chi connectivity index (χ1) is 9.13. The summed E-state index contributed by atoms with van der Waals surface area (Å²) in [4.78, 5) is 0. The highest BCUT2D eigenvalue weighted by atomic mass is 16.6. The molecule has 1 fully saturated rings. The van der Waals surface area contributed by atoms with Crippen molar-refractivity contribution in [3.8, 4) is 5.75 Å². The predicted molar refractivity (Wildman–Crippen MR) is 61.4 cm³/mol. The molecular formula is C11H13N3O5. The topological polar surface area (TPSA) is 120 Å². The Bertz CT molecular complexity index is 601. The Labute approximate surface area is 107 Å². The van der Waals surface area contributed by atoms with Gasteiger partial charge in [-0.25, -0.2) is 0 Å². The molecule has 102 valence electrons. The number of pyridine rings is 1. The summed E-state index contributed by atoms with van der Waals surface area (Å²) >= 11 is 0. The minimum absolute atomic E-state index is 0.0482. The van der Waals surface area contributed by atoms with E-state index in [1.807, 2.05) is 0 Å². The number of aliphatic hydroxyl groups excluding tert-OH is 3. The molecule has 0 amide bonds. The Balaban J connectivity index is 2.04. The lowest BCUT2D eigenvalue weighted by molar-refractivity contribution is -0.0255. The van der Waals surface area contributed by atoms with Gasteiger partial charge in [0.25, 0.3) is 0 Å². The molecule has 0 bridgehead atoms. The van der Waals surface area contributed by atoms with Crippen molar-refractivity contribution in [1.82, 2.24) is 14.6 Å². The predicted octanol–water partition coefficient (Wildman–Crippen LogP) is -1.41. The Kier molecular flexibility index (Phi) is 2.86. The highest BCUT2D eigenvalue weighted by molar-refractivity contribution is 5.52. The average Bonchev–Trinajstić information content (AvgIpc) is 2.94. The van der Waals surface area contributed by atoms with Gasteiger partial charge >= 0.3 is 0 Å². The molecule has 0 aromatic carbocycles. The molecule has 8 nitrogen and oxygen atoms in total. The van der Waals surface area contributed by atoms with Gasteiger partial charge in [-0.2, -0.15) is 0 Å². The molecule has 19 heavy (non-hydrogen) atoms. The van der Waals surface area contributed by atoms with Crippen LogP contribution >= 0.6 is 0 Å². The maximum Gasteiger partial charge on any atom is 0.203 e. The van der Waals surface area contributed by atoms with Gasteiger partial charge in [0.1, 0.15) is 24.4 Å². The molecule has 4 N–H and O–H groups in total. The summed E-state index contributed by atoms with van der Waals surface area (Å²) in [7, 11) is 0. The van der Waals surface area contributed by atoms with E-state index < -0.39 is 31.0 Å². The highest BCUT2D eigenvalue weighted by Gasteiger charge is 2.45. The van der Waals surface area contributed by atoms with Crippen LogP contribution in [0.25, 0.3) is 5.65 Å². The first-order valence-electron chi connectivity index (χ1n) is 5.78. The molecule has 8 heteroatoms. The van der Waals surface area contributed by atoms with Crippen molar-refractivity contribution < 1.29 is 25.2 Å². The highest BCUT2D eigenvalue weighted by Crippen LogP contribution is 2.33. The lowest BCUT2D eigenvalue weighted by Crippen LogP contribution is -2.32. The second-order valence-electron chi connectivity index (χ2n) is 4.40. The third kappa shape index (κ3) is 1.77. The van der Waals surface area contributed by atoms with Crippen molar-refractivity contribution in [3.63, 3.8) is 0 Å². The first-order valence-corrected chi connectivity index (χ1v) is 5.78. The molecule has 1 saturated heterocycles. The van der Waals surface area contributed by atoms with E-state index in [4.69, 9.17) is 9.84 Å². The van der Waals surface area contributed by atoms with E-state index in [1.165, 1.54) is 10.5 Å². The number of nitrogens with zero attached hydrogens (tertiary/aromatic N) is 3. The maximum absolute atomic E-state index is 9.93. The summed E-state index contributed by atoms with van der Waals surface area (Å²) in [6.45, 7) is -0.406. The van der Waals surface area contributed by atoms with Crippen LogP contribution < -0.4 is 0 Å². The van der Waals surface area contributed by atoms with Crippen LogP contribution in [0.2, 0.25) is 0 Å². The number of rotatable bonds is 2. The third-order valence-corrected chi connectivity index (χ3v) is 3.24. The molecule has 2 aromatic rings. The Morgan fingerprint density at radius 3 is 2.74 bits per heavy atom. The van der Waals surface area contributed by atoms with E-state index in [9.17, 15) is 15.3 Å². The largest absolute Gasteiger partial charge is 0.504 e. The van der Waals surface area contributed by atoms with Gasteiger partial charge in [0.15, 0.2) is 11.6 Å². The van der Waals surface area contributed by atoms with E-state index in [0.717, 1.165) is 0 Å². The normalized spacial score (nSPS) is 31.1. The molecule has 4 atom stereocenters. The molecule has 2 aromatic heterocycles. The van der Waals surface area contributed by atoms with Crippen molar-refractivity contribution in [2.24, 2.45) is 0 Å². The zero-order valence-corrected chi connectivity index (χ0v) is 9.79. The number of aromatic nitrogens is 3. The third-order valence-electron chi connectivity index (χ3n) is 3.24. The second kappa shape index (κ2) is 4.42. The smallest absolute Gasteiger partial charge is 0.203 e. The monoisotopic (exact) mass is 267 g/mol. The fourth-order valence-electron chi connectivity index (χ4n) is 2.23. The van der Waals surface area contributed by atoms with Gasteiger partial charge in [-0.3, -0.25) is 4.40 Å². The molecule has 0 aliphatic carbocycles.